The summed E-state index contributed by atoms with van der Waals surface area (Å²) in [6, 6.07) is 35.6. The number of amides is 2. The summed E-state index contributed by atoms with van der Waals surface area (Å²) in [5.74, 6) is -0.591. The Morgan fingerprint density at radius 1 is 0.826 bits per heavy atom. The smallest absolute Gasteiger partial charge is 0.398 e. The van der Waals surface area contributed by atoms with Crippen molar-refractivity contribution in [1.82, 2.24) is 49.3 Å². The minimum Gasteiger partial charge on any atom is -0.398 e. The SMILES string of the molecule is CC1(C)OB(c2ccn(C3CCCCO3)n2)OC1(C)C.C[Si](C)(C)CCOCn1nc(C(=O)Nc2cnn(Cc3cccc(C#N)c3)c2)c2cc(Br)ccc21.N#Cc1cccc(Cn2cc(NC(=O)C3=NCc4ccc(-c5ccn[nH]5)cc43)cn2)c1. The number of anilines is 2. The number of nitrogens with one attached hydrogen (secondary N) is 3. The molecule has 3 aliphatic rings. The van der Waals surface area contributed by atoms with E-state index >= 15 is 0 Å². The third kappa shape index (κ3) is 14.9. The molecule has 8 heterocycles. The van der Waals surface area contributed by atoms with Gasteiger partial charge in [-0.3, -0.25) is 29.0 Å². The Labute approximate surface area is 508 Å². The van der Waals surface area contributed by atoms with Crippen LogP contribution in [0.2, 0.25) is 25.7 Å². The first-order chi connectivity index (χ1) is 41.3. The molecule has 2 amide bonds. The number of aliphatic imine (C=N–C) groups is 1. The zero-order valence-corrected chi connectivity index (χ0v) is 51.7. The first-order valence-corrected chi connectivity index (χ1v) is 32.9. The van der Waals surface area contributed by atoms with Gasteiger partial charge in [0.05, 0.1) is 94.7 Å². The van der Waals surface area contributed by atoms with Crippen molar-refractivity contribution in [2.24, 2.45) is 4.99 Å². The summed E-state index contributed by atoms with van der Waals surface area (Å²) in [5, 5.41) is 49.4. The third-order valence-electron chi connectivity index (χ3n) is 15.1. The maximum atomic E-state index is 13.2. The van der Waals surface area contributed by atoms with Gasteiger partial charge in [-0.2, -0.15) is 36.0 Å². The second-order valence-electron chi connectivity index (χ2n) is 23.4. The Bertz CT molecular complexity index is 3980. The van der Waals surface area contributed by atoms with Crippen molar-refractivity contribution in [3.63, 3.8) is 0 Å². The number of hydrogen-bond donors (Lipinski definition) is 3. The number of fused-ring (bicyclic) bond motifs is 2. The van der Waals surface area contributed by atoms with E-state index in [0.717, 1.165) is 80.0 Å². The van der Waals surface area contributed by atoms with Crippen LogP contribution in [0.15, 0.2) is 144 Å². The number of nitriles is 2. The highest BCUT2D eigenvalue weighted by Crippen LogP contribution is 2.37. The number of carbonyl (C=O) groups excluding carboxylic acids is 2. The summed E-state index contributed by atoms with van der Waals surface area (Å²) < 4.78 is 31.6. The van der Waals surface area contributed by atoms with Gasteiger partial charge in [0.25, 0.3) is 11.8 Å². The minimum atomic E-state index is -1.19. The predicted octanol–water partition coefficient (Wildman–Crippen LogP) is 10.5. The van der Waals surface area contributed by atoms with Crippen molar-refractivity contribution in [3.8, 4) is 23.4 Å². The number of carbonyl (C=O) groups is 2. The third-order valence-corrected chi connectivity index (χ3v) is 17.3. The molecule has 5 aromatic heterocycles. The molecule has 0 spiro atoms. The highest BCUT2D eigenvalue weighted by Gasteiger charge is 2.52. The molecule has 2 saturated heterocycles. The van der Waals surface area contributed by atoms with Crippen molar-refractivity contribution >= 4 is 76.5 Å². The molecule has 1 atom stereocenters. The van der Waals surface area contributed by atoms with Crippen LogP contribution < -0.4 is 16.2 Å². The zero-order chi connectivity index (χ0) is 60.6. The molecule has 0 bridgehead atoms. The van der Waals surface area contributed by atoms with Gasteiger partial charge in [0, 0.05) is 67.1 Å². The van der Waals surface area contributed by atoms with Crippen molar-refractivity contribution in [3.05, 3.63) is 178 Å². The highest BCUT2D eigenvalue weighted by molar-refractivity contribution is 9.10. The van der Waals surface area contributed by atoms with Gasteiger partial charge in [-0.15, -0.1) is 0 Å². The molecule has 3 aliphatic heterocycles. The molecule has 4 aromatic carbocycles. The van der Waals surface area contributed by atoms with Gasteiger partial charge in [-0.05, 0) is 130 Å². The minimum absolute atomic E-state index is 0.0555. The number of aromatic nitrogens is 10. The molecule has 0 saturated carbocycles. The highest BCUT2D eigenvalue weighted by atomic mass is 79.9. The van der Waals surface area contributed by atoms with Crippen LogP contribution in [0.25, 0.3) is 22.2 Å². The summed E-state index contributed by atoms with van der Waals surface area (Å²) in [7, 11) is -1.59. The average molecular weight is 1240 g/mol. The Morgan fingerprint density at radius 2 is 1.50 bits per heavy atom. The fourth-order valence-electron chi connectivity index (χ4n) is 9.71. The van der Waals surface area contributed by atoms with Gasteiger partial charge in [0.2, 0.25) is 0 Å². The number of nitrogens with zero attached hydrogens (tertiary/aromatic N) is 12. The molecule has 12 rings (SSSR count). The lowest BCUT2D eigenvalue weighted by Crippen LogP contribution is -2.41. The maximum absolute atomic E-state index is 13.2. The van der Waals surface area contributed by atoms with Gasteiger partial charge < -0.3 is 29.4 Å². The molecular weight excluding hydrogens is 1170 g/mol. The predicted molar refractivity (Wildman–Crippen MR) is 334 cm³/mol. The molecule has 21 nitrogen and oxygen atoms in total. The zero-order valence-electron chi connectivity index (χ0n) is 49.1. The number of benzene rings is 4. The van der Waals surface area contributed by atoms with E-state index in [0.29, 0.717) is 60.1 Å². The summed E-state index contributed by atoms with van der Waals surface area (Å²) in [6.45, 7) is 18.4. The van der Waals surface area contributed by atoms with E-state index in [-0.39, 0.29) is 36.0 Å². The quantitative estimate of drug-likeness (QED) is 0.0602. The normalized spacial score (nSPS) is 15.8. The van der Waals surface area contributed by atoms with Crippen molar-refractivity contribution in [2.75, 3.05) is 23.8 Å². The van der Waals surface area contributed by atoms with Gasteiger partial charge in [-0.25, -0.2) is 9.36 Å². The van der Waals surface area contributed by atoms with Crippen molar-refractivity contribution < 1.29 is 28.4 Å². The molecule has 3 N–H and O–H groups in total. The fraction of sp³-hybridized carbons (Fsp3) is 0.323. The lowest BCUT2D eigenvalue weighted by Gasteiger charge is -2.32. The Kier molecular flexibility index (Phi) is 18.5. The Morgan fingerprint density at radius 3 is 2.12 bits per heavy atom. The van der Waals surface area contributed by atoms with Gasteiger partial charge in [0.1, 0.15) is 18.7 Å². The summed E-state index contributed by atoms with van der Waals surface area (Å²) >= 11 is 3.49. The van der Waals surface area contributed by atoms with E-state index < -0.39 is 15.2 Å². The second-order valence-corrected chi connectivity index (χ2v) is 29.9. The van der Waals surface area contributed by atoms with E-state index in [1.54, 1.807) is 57.2 Å². The molecular formula is C62H67BBrN15O6Si. The molecule has 1 unspecified atom stereocenters. The van der Waals surface area contributed by atoms with Gasteiger partial charge in [-0.1, -0.05) is 72.0 Å². The molecule has 440 valence electrons. The van der Waals surface area contributed by atoms with E-state index in [1.165, 1.54) is 6.42 Å². The Balaban J connectivity index is 0.000000148. The lowest BCUT2D eigenvalue weighted by atomic mass is 9.85. The number of hydrogen-bond acceptors (Lipinski definition) is 14. The number of aromatic amines is 1. The van der Waals surface area contributed by atoms with Crippen LogP contribution in [0.4, 0.5) is 11.4 Å². The van der Waals surface area contributed by atoms with Crippen LogP contribution in [0.1, 0.15) is 97.1 Å². The first-order valence-electron chi connectivity index (χ1n) is 28.4. The monoisotopic (exact) mass is 1240 g/mol. The van der Waals surface area contributed by atoms with Crippen molar-refractivity contribution in [1.29, 1.82) is 10.5 Å². The number of ether oxygens (including phenoxy) is 2. The van der Waals surface area contributed by atoms with Crippen LogP contribution in [-0.4, -0.2) is 106 Å². The van der Waals surface area contributed by atoms with Crippen molar-refractivity contribution in [2.45, 2.75) is 116 Å². The van der Waals surface area contributed by atoms with Gasteiger partial charge >= 0.3 is 7.12 Å². The molecule has 2 fully saturated rings. The Hall–Kier alpha value is -8.62. The van der Waals surface area contributed by atoms with Crippen LogP contribution in [0, 0.1) is 22.7 Å². The second kappa shape index (κ2) is 26.3. The standard InChI is InChI=1S/C25H27BrN6O2Si.C23H17N7O.C14H23BN2O3/c1-35(2,3)10-9-34-17-32-23-8-7-20(26)12-22(23)24(30-32)25(33)29-21-14-28-31(16-21)15-19-6-4-5-18(11-19)13-27;24-10-15-2-1-3-16(8-15)13-30-14-19(12-27-30)28-23(31)22-20-9-17(21-6-7-26-29-21)4-5-18(20)11-25-22;1-13(2)14(3,4)20-15(19-13)11-8-9-17(16-11)12-7-5-6-10-18-12/h4-8,11-12,14,16H,9-10,15,17H2,1-3H3,(H,29,33);1-9,12,14H,11,13H2,(H,26,29)(H,28,31);8-9,12H,5-7,10H2,1-4H3. The lowest BCUT2D eigenvalue weighted by molar-refractivity contribution is -0.110. The molecule has 0 aliphatic carbocycles. The van der Waals surface area contributed by atoms with Crippen LogP contribution in [0.3, 0.4) is 0 Å². The maximum Gasteiger partial charge on any atom is 0.516 e. The van der Waals surface area contributed by atoms with Crippen LogP contribution in [-0.2, 0) is 49.9 Å². The largest absolute Gasteiger partial charge is 0.516 e. The summed E-state index contributed by atoms with van der Waals surface area (Å²) in [6.07, 6.45) is 13.8. The summed E-state index contributed by atoms with van der Waals surface area (Å²) in [5.41, 5.74) is 9.66. The van der Waals surface area contributed by atoms with Crippen LogP contribution >= 0.6 is 15.9 Å². The summed E-state index contributed by atoms with van der Waals surface area (Å²) in [4.78, 5) is 30.5. The molecule has 86 heavy (non-hydrogen) atoms. The number of rotatable bonds is 16. The van der Waals surface area contributed by atoms with E-state index in [4.69, 9.17) is 29.3 Å². The average Bonchev–Trinajstić information content (AvgIpc) is 1.98. The molecule has 0 radical (unpaired) electrons. The molecule has 24 heteroatoms. The topological polar surface area (TPSA) is 255 Å². The number of H-pyrrole nitrogens is 1. The first kappa shape index (κ1) is 60.5. The van der Waals surface area contributed by atoms with E-state index in [2.05, 4.69) is 93.9 Å². The van der Waals surface area contributed by atoms with E-state index in [1.807, 2.05) is 124 Å². The van der Waals surface area contributed by atoms with Gasteiger partial charge in [0.15, 0.2) is 5.69 Å². The van der Waals surface area contributed by atoms with E-state index in [9.17, 15) is 9.59 Å². The fourth-order valence-corrected chi connectivity index (χ4v) is 10.8. The molecule has 9 aromatic rings. The van der Waals surface area contributed by atoms with Crippen LogP contribution in [0.5, 0.6) is 0 Å². The number of halogens is 1.